The fraction of sp³-hybridized carbons (Fsp3) is 0.240. The lowest BCUT2D eigenvalue weighted by Gasteiger charge is -2.25. The van der Waals surface area contributed by atoms with Gasteiger partial charge in [-0.25, -0.2) is 9.79 Å². The number of ether oxygens (including phenoxy) is 1. The molecule has 0 fully saturated rings. The van der Waals surface area contributed by atoms with E-state index >= 15 is 0 Å². The summed E-state index contributed by atoms with van der Waals surface area (Å²) in [4.78, 5) is 33.5. The highest BCUT2D eigenvalue weighted by molar-refractivity contribution is 7.07. The molecular weight excluding hydrogens is 438 g/mol. The van der Waals surface area contributed by atoms with Gasteiger partial charge in [-0.3, -0.25) is 9.36 Å². The Kier molecular flexibility index (Phi) is 6.20. The maximum absolute atomic E-state index is 13.5. The molecule has 0 unspecified atom stereocenters. The summed E-state index contributed by atoms with van der Waals surface area (Å²) in [6.07, 6.45) is 1.76. The topological polar surface area (TPSA) is 84.1 Å². The Morgan fingerprint density at radius 3 is 2.45 bits per heavy atom. The van der Waals surface area contributed by atoms with E-state index in [0.29, 0.717) is 20.6 Å². The molecule has 7 nitrogen and oxygen atoms in total. The Morgan fingerprint density at radius 2 is 1.85 bits per heavy atom. The number of phenols is 1. The normalized spacial score (nSPS) is 15.8. The molecule has 0 saturated heterocycles. The van der Waals surface area contributed by atoms with Crippen LogP contribution in [0.4, 0.5) is 5.69 Å². The van der Waals surface area contributed by atoms with E-state index in [1.165, 1.54) is 11.3 Å². The first-order valence-corrected chi connectivity index (χ1v) is 11.4. The fourth-order valence-electron chi connectivity index (χ4n) is 3.78. The lowest BCUT2D eigenvalue weighted by molar-refractivity contribution is -0.139. The number of aromatic hydroxyl groups is 1. The van der Waals surface area contributed by atoms with Crippen molar-refractivity contribution in [2.75, 3.05) is 25.6 Å². The molecule has 4 rings (SSSR count). The van der Waals surface area contributed by atoms with Crippen LogP contribution < -0.4 is 19.8 Å². The summed E-state index contributed by atoms with van der Waals surface area (Å²) in [6, 6.07) is 13.7. The molecule has 0 bridgehead atoms. The third-order valence-corrected chi connectivity index (χ3v) is 6.42. The third kappa shape index (κ3) is 4.34. The summed E-state index contributed by atoms with van der Waals surface area (Å²) >= 11 is 1.27. The van der Waals surface area contributed by atoms with Gasteiger partial charge in [0.2, 0.25) is 0 Å². The van der Waals surface area contributed by atoms with Gasteiger partial charge in [0.25, 0.3) is 5.56 Å². The molecule has 8 heteroatoms. The molecule has 1 aliphatic heterocycles. The van der Waals surface area contributed by atoms with Crippen LogP contribution in [0.15, 0.2) is 69.6 Å². The Labute approximate surface area is 195 Å². The average Bonchev–Trinajstić information content (AvgIpc) is 3.09. The van der Waals surface area contributed by atoms with Gasteiger partial charge in [0.05, 0.1) is 28.5 Å². The minimum absolute atomic E-state index is 0.157. The summed E-state index contributed by atoms with van der Waals surface area (Å²) < 4.78 is 7.39. The SMILES string of the molecule is CCOC(=O)C1=C(C)N=c2s/c(=C/c3ccc(O)cc3)c(=O)n2[C@H]1c1ccc(N(C)C)cc1. The van der Waals surface area contributed by atoms with Crippen LogP contribution in [0.1, 0.15) is 31.0 Å². The fourth-order valence-corrected chi connectivity index (χ4v) is 4.83. The Balaban J connectivity index is 1.92. The summed E-state index contributed by atoms with van der Waals surface area (Å²) in [5, 5.41) is 9.53. The van der Waals surface area contributed by atoms with E-state index in [9.17, 15) is 14.7 Å². The monoisotopic (exact) mass is 463 g/mol. The van der Waals surface area contributed by atoms with Crippen LogP contribution in [0, 0.1) is 0 Å². The molecule has 33 heavy (non-hydrogen) atoms. The predicted molar refractivity (Wildman–Crippen MR) is 129 cm³/mol. The number of rotatable bonds is 5. The number of esters is 1. The van der Waals surface area contributed by atoms with Crippen molar-refractivity contribution in [2.45, 2.75) is 19.9 Å². The van der Waals surface area contributed by atoms with Crippen LogP contribution in [0.3, 0.4) is 0 Å². The van der Waals surface area contributed by atoms with Crippen molar-refractivity contribution in [3.05, 3.63) is 90.6 Å². The number of nitrogens with zero attached hydrogens (tertiary/aromatic N) is 3. The van der Waals surface area contributed by atoms with Gasteiger partial charge in [-0.05, 0) is 55.3 Å². The first-order valence-electron chi connectivity index (χ1n) is 10.6. The molecule has 1 aromatic heterocycles. The van der Waals surface area contributed by atoms with Gasteiger partial charge < -0.3 is 14.7 Å². The molecule has 2 aromatic carbocycles. The van der Waals surface area contributed by atoms with E-state index < -0.39 is 12.0 Å². The van der Waals surface area contributed by atoms with E-state index in [4.69, 9.17) is 4.74 Å². The molecule has 170 valence electrons. The molecule has 3 aromatic rings. The number of benzene rings is 2. The van der Waals surface area contributed by atoms with E-state index in [0.717, 1.165) is 16.8 Å². The largest absolute Gasteiger partial charge is 0.508 e. The molecule has 0 aliphatic carbocycles. The second-order valence-electron chi connectivity index (χ2n) is 7.88. The summed E-state index contributed by atoms with van der Waals surface area (Å²) in [7, 11) is 3.91. The van der Waals surface area contributed by atoms with Crippen LogP contribution in [0.5, 0.6) is 5.75 Å². The standard InChI is InChI=1S/C25H25N3O4S/c1-5-32-24(31)21-15(2)26-25-28(22(21)17-8-10-18(11-9-17)27(3)4)23(30)20(33-25)14-16-6-12-19(29)13-7-16/h6-14,22,29H,5H2,1-4H3/b20-14+/t22-/m0/s1. The van der Waals surface area contributed by atoms with Gasteiger partial charge >= 0.3 is 5.97 Å². The minimum Gasteiger partial charge on any atom is -0.508 e. The van der Waals surface area contributed by atoms with Crippen molar-refractivity contribution in [1.29, 1.82) is 0 Å². The Bertz CT molecular complexity index is 1400. The number of phenolic OH excluding ortho intramolecular Hbond substituents is 1. The number of carbonyl (C=O) groups is 1. The lowest BCUT2D eigenvalue weighted by atomic mass is 9.95. The number of anilines is 1. The van der Waals surface area contributed by atoms with Gasteiger partial charge in [-0.2, -0.15) is 0 Å². The molecular formula is C25H25N3O4S. The van der Waals surface area contributed by atoms with Gasteiger partial charge in [-0.1, -0.05) is 35.6 Å². The number of aromatic nitrogens is 1. The first-order chi connectivity index (χ1) is 15.8. The van der Waals surface area contributed by atoms with Crippen LogP contribution >= 0.6 is 11.3 Å². The van der Waals surface area contributed by atoms with Gasteiger partial charge in [-0.15, -0.1) is 0 Å². The highest BCUT2D eigenvalue weighted by Gasteiger charge is 2.33. The zero-order valence-corrected chi connectivity index (χ0v) is 19.7. The number of fused-ring (bicyclic) bond motifs is 1. The highest BCUT2D eigenvalue weighted by Crippen LogP contribution is 2.31. The van der Waals surface area contributed by atoms with Crippen molar-refractivity contribution in [1.82, 2.24) is 4.57 Å². The second-order valence-corrected chi connectivity index (χ2v) is 8.89. The summed E-state index contributed by atoms with van der Waals surface area (Å²) in [5.41, 5.74) is 3.26. The highest BCUT2D eigenvalue weighted by atomic mass is 32.1. The number of hydrogen-bond acceptors (Lipinski definition) is 7. The first kappa shape index (κ1) is 22.5. The van der Waals surface area contributed by atoms with Crippen molar-refractivity contribution in [2.24, 2.45) is 4.99 Å². The van der Waals surface area contributed by atoms with Gasteiger partial charge in [0.1, 0.15) is 5.75 Å². The molecule has 1 atom stereocenters. The minimum atomic E-state index is -0.640. The number of allylic oxidation sites excluding steroid dienone is 1. The number of carbonyl (C=O) groups excluding carboxylic acids is 1. The van der Waals surface area contributed by atoms with Gasteiger partial charge in [0.15, 0.2) is 4.80 Å². The van der Waals surface area contributed by atoms with Crippen molar-refractivity contribution in [3.63, 3.8) is 0 Å². The molecule has 2 heterocycles. The van der Waals surface area contributed by atoms with Crippen LogP contribution in [0.25, 0.3) is 6.08 Å². The lowest BCUT2D eigenvalue weighted by Crippen LogP contribution is -2.39. The zero-order valence-electron chi connectivity index (χ0n) is 18.9. The van der Waals surface area contributed by atoms with Crippen LogP contribution in [0.2, 0.25) is 0 Å². The van der Waals surface area contributed by atoms with E-state index in [-0.39, 0.29) is 17.9 Å². The second kappa shape index (κ2) is 9.07. The molecule has 0 radical (unpaired) electrons. The molecule has 0 spiro atoms. The Morgan fingerprint density at radius 1 is 1.18 bits per heavy atom. The van der Waals surface area contributed by atoms with Crippen molar-refractivity contribution in [3.8, 4) is 5.75 Å². The Hall–Kier alpha value is -3.65. The van der Waals surface area contributed by atoms with E-state index in [1.54, 1.807) is 48.8 Å². The number of thiazole rings is 1. The number of hydrogen-bond donors (Lipinski definition) is 1. The predicted octanol–water partition coefficient (Wildman–Crippen LogP) is 2.57. The van der Waals surface area contributed by atoms with Crippen LogP contribution in [-0.4, -0.2) is 36.3 Å². The van der Waals surface area contributed by atoms with E-state index in [2.05, 4.69) is 4.99 Å². The maximum atomic E-state index is 13.5. The summed E-state index contributed by atoms with van der Waals surface area (Å²) in [6.45, 7) is 3.75. The van der Waals surface area contributed by atoms with E-state index in [1.807, 2.05) is 43.3 Å². The molecule has 0 saturated carbocycles. The summed E-state index contributed by atoms with van der Waals surface area (Å²) in [5.74, 6) is -0.322. The quantitative estimate of drug-likeness (QED) is 0.588. The average molecular weight is 464 g/mol. The van der Waals surface area contributed by atoms with Gasteiger partial charge in [0, 0.05) is 19.8 Å². The van der Waals surface area contributed by atoms with Crippen molar-refractivity contribution >= 4 is 29.1 Å². The van der Waals surface area contributed by atoms with Crippen molar-refractivity contribution < 1.29 is 14.6 Å². The zero-order chi connectivity index (χ0) is 23.7. The third-order valence-electron chi connectivity index (χ3n) is 5.43. The maximum Gasteiger partial charge on any atom is 0.338 e. The van der Waals surface area contributed by atoms with Crippen LogP contribution in [-0.2, 0) is 9.53 Å². The molecule has 1 aliphatic rings. The molecule has 0 amide bonds. The smallest absolute Gasteiger partial charge is 0.338 e. The molecule has 1 N–H and O–H groups in total.